The molecule has 22 heavy (non-hydrogen) atoms. The normalized spacial score (nSPS) is 14.7. The maximum Gasteiger partial charge on any atom is 0.0730 e. The molecular formula is C19H17ClN2. The summed E-state index contributed by atoms with van der Waals surface area (Å²) in [5.41, 5.74) is 4.47. The van der Waals surface area contributed by atoms with Crippen LogP contribution in [0.25, 0.3) is 22.2 Å². The Balaban J connectivity index is 1.90. The van der Waals surface area contributed by atoms with Gasteiger partial charge in [-0.1, -0.05) is 41.9 Å². The molecule has 2 heterocycles. The SMILES string of the molecule is Clc1ccc(-c2cc(N3CCCC3)c3ccccc3n2)cc1. The number of hydrogen-bond donors (Lipinski definition) is 0. The second-order valence-corrected chi connectivity index (χ2v) is 6.18. The van der Waals surface area contributed by atoms with Gasteiger partial charge in [-0.15, -0.1) is 0 Å². The van der Waals surface area contributed by atoms with Crippen LogP contribution in [0.2, 0.25) is 5.02 Å². The van der Waals surface area contributed by atoms with Crippen molar-refractivity contribution >= 4 is 28.2 Å². The Bertz CT molecular complexity index is 805. The van der Waals surface area contributed by atoms with Crippen LogP contribution in [0.3, 0.4) is 0 Å². The van der Waals surface area contributed by atoms with E-state index in [1.165, 1.54) is 23.9 Å². The topological polar surface area (TPSA) is 16.1 Å². The molecule has 1 fully saturated rings. The highest BCUT2D eigenvalue weighted by molar-refractivity contribution is 6.30. The quantitative estimate of drug-likeness (QED) is 0.650. The Morgan fingerprint density at radius 1 is 0.909 bits per heavy atom. The second-order valence-electron chi connectivity index (χ2n) is 5.74. The van der Waals surface area contributed by atoms with Crippen molar-refractivity contribution in [3.63, 3.8) is 0 Å². The van der Waals surface area contributed by atoms with Crippen LogP contribution in [0, 0.1) is 0 Å². The van der Waals surface area contributed by atoms with E-state index in [1.54, 1.807) is 0 Å². The van der Waals surface area contributed by atoms with Crippen molar-refractivity contribution in [2.45, 2.75) is 12.8 Å². The van der Waals surface area contributed by atoms with Crippen molar-refractivity contribution < 1.29 is 0 Å². The molecule has 3 aromatic rings. The lowest BCUT2D eigenvalue weighted by molar-refractivity contribution is 0.949. The molecule has 0 radical (unpaired) electrons. The van der Waals surface area contributed by atoms with Crippen LogP contribution in [0.15, 0.2) is 54.6 Å². The molecule has 3 heteroatoms. The number of halogens is 1. The van der Waals surface area contributed by atoms with Crippen LogP contribution in [-0.4, -0.2) is 18.1 Å². The standard InChI is InChI=1S/C19H17ClN2/c20-15-9-7-14(8-10-15)18-13-19(22-11-3-4-12-22)16-5-1-2-6-17(16)21-18/h1-2,5-10,13H,3-4,11-12H2. The highest BCUT2D eigenvalue weighted by Gasteiger charge is 2.16. The summed E-state index contributed by atoms with van der Waals surface area (Å²) in [7, 11) is 0. The van der Waals surface area contributed by atoms with Gasteiger partial charge in [-0.2, -0.15) is 0 Å². The zero-order chi connectivity index (χ0) is 14.9. The predicted octanol–water partition coefficient (Wildman–Crippen LogP) is 5.16. The lowest BCUT2D eigenvalue weighted by atomic mass is 10.1. The van der Waals surface area contributed by atoms with Crippen LogP contribution in [0.1, 0.15) is 12.8 Å². The fraction of sp³-hybridized carbons (Fsp3) is 0.211. The van der Waals surface area contributed by atoms with Gasteiger partial charge in [0.15, 0.2) is 0 Å². The number of pyridine rings is 1. The Morgan fingerprint density at radius 2 is 1.64 bits per heavy atom. The summed E-state index contributed by atoms with van der Waals surface area (Å²) in [4.78, 5) is 7.31. The summed E-state index contributed by atoms with van der Waals surface area (Å²) in [6.45, 7) is 2.27. The smallest absolute Gasteiger partial charge is 0.0730 e. The third kappa shape index (κ3) is 2.44. The van der Waals surface area contributed by atoms with E-state index in [1.807, 2.05) is 24.3 Å². The first-order valence-corrected chi connectivity index (χ1v) is 8.10. The van der Waals surface area contributed by atoms with Crippen molar-refractivity contribution in [2.24, 2.45) is 0 Å². The minimum atomic E-state index is 0.754. The van der Waals surface area contributed by atoms with Crippen LogP contribution in [0.5, 0.6) is 0 Å². The van der Waals surface area contributed by atoms with E-state index in [0.29, 0.717) is 0 Å². The fourth-order valence-corrected chi connectivity index (χ4v) is 3.27. The first-order valence-electron chi connectivity index (χ1n) is 7.72. The van der Waals surface area contributed by atoms with Crippen molar-refractivity contribution in [2.75, 3.05) is 18.0 Å². The molecule has 0 N–H and O–H groups in total. The zero-order valence-corrected chi connectivity index (χ0v) is 13.1. The van der Waals surface area contributed by atoms with Crippen LogP contribution in [0.4, 0.5) is 5.69 Å². The molecule has 0 spiro atoms. The van der Waals surface area contributed by atoms with Gasteiger partial charge in [-0.05, 0) is 37.1 Å². The maximum atomic E-state index is 6.00. The number of hydrogen-bond acceptors (Lipinski definition) is 2. The van der Waals surface area contributed by atoms with E-state index in [4.69, 9.17) is 16.6 Å². The molecule has 0 atom stereocenters. The fourth-order valence-electron chi connectivity index (χ4n) is 3.15. The zero-order valence-electron chi connectivity index (χ0n) is 12.3. The highest BCUT2D eigenvalue weighted by atomic mass is 35.5. The third-order valence-corrected chi connectivity index (χ3v) is 4.53. The number of aromatic nitrogens is 1. The number of para-hydroxylation sites is 1. The van der Waals surface area contributed by atoms with E-state index in [0.717, 1.165) is 34.9 Å². The van der Waals surface area contributed by atoms with Crippen LogP contribution >= 0.6 is 11.6 Å². The molecule has 0 saturated carbocycles. The summed E-state index contributed by atoms with van der Waals surface area (Å²) in [6, 6.07) is 18.5. The molecule has 0 aliphatic carbocycles. The van der Waals surface area contributed by atoms with Gasteiger partial charge in [0.25, 0.3) is 0 Å². The predicted molar refractivity (Wildman–Crippen MR) is 93.6 cm³/mol. The van der Waals surface area contributed by atoms with Crippen LogP contribution in [-0.2, 0) is 0 Å². The molecule has 110 valence electrons. The first kappa shape index (κ1) is 13.6. The largest absolute Gasteiger partial charge is 0.371 e. The summed E-state index contributed by atoms with van der Waals surface area (Å²) < 4.78 is 0. The molecule has 1 aliphatic rings. The molecule has 1 aliphatic heterocycles. The monoisotopic (exact) mass is 308 g/mol. The van der Waals surface area contributed by atoms with Crippen molar-refractivity contribution in [3.05, 3.63) is 59.6 Å². The first-order chi connectivity index (χ1) is 10.8. The lowest BCUT2D eigenvalue weighted by Gasteiger charge is -2.20. The van der Waals surface area contributed by atoms with E-state index in [2.05, 4.69) is 35.2 Å². The minimum Gasteiger partial charge on any atom is -0.371 e. The molecule has 1 aromatic heterocycles. The van der Waals surface area contributed by atoms with Gasteiger partial charge >= 0.3 is 0 Å². The lowest BCUT2D eigenvalue weighted by Crippen LogP contribution is -2.18. The Kier molecular flexibility index (Phi) is 3.47. The summed E-state index contributed by atoms with van der Waals surface area (Å²) in [6.07, 6.45) is 2.54. The molecule has 4 rings (SSSR count). The van der Waals surface area contributed by atoms with Crippen LogP contribution < -0.4 is 4.90 Å². The highest BCUT2D eigenvalue weighted by Crippen LogP contribution is 2.33. The number of nitrogens with zero attached hydrogens (tertiary/aromatic N) is 2. The minimum absolute atomic E-state index is 0.754. The Hall–Kier alpha value is -2.06. The van der Waals surface area contributed by atoms with Gasteiger partial charge in [0.1, 0.15) is 0 Å². The molecule has 0 unspecified atom stereocenters. The van der Waals surface area contributed by atoms with Crippen molar-refractivity contribution in [3.8, 4) is 11.3 Å². The van der Waals surface area contributed by atoms with Gasteiger partial charge in [0.2, 0.25) is 0 Å². The van der Waals surface area contributed by atoms with Gasteiger partial charge in [-0.25, -0.2) is 4.98 Å². The second kappa shape index (κ2) is 5.62. The summed E-state index contributed by atoms with van der Waals surface area (Å²) in [5.74, 6) is 0. The number of rotatable bonds is 2. The van der Waals surface area contributed by atoms with Gasteiger partial charge in [0, 0.05) is 34.7 Å². The maximum absolute atomic E-state index is 6.00. The molecule has 1 saturated heterocycles. The molecule has 2 nitrogen and oxygen atoms in total. The van der Waals surface area contributed by atoms with Crippen molar-refractivity contribution in [1.29, 1.82) is 0 Å². The van der Waals surface area contributed by atoms with Gasteiger partial charge in [-0.3, -0.25) is 0 Å². The number of benzene rings is 2. The van der Waals surface area contributed by atoms with E-state index in [-0.39, 0.29) is 0 Å². The van der Waals surface area contributed by atoms with E-state index >= 15 is 0 Å². The molecule has 0 bridgehead atoms. The van der Waals surface area contributed by atoms with E-state index < -0.39 is 0 Å². The van der Waals surface area contributed by atoms with Gasteiger partial charge in [0.05, 0.1) is 11.2 Å². The van der Waals surface area contributed by atoms with Crippen molar-refractivity contribution in [1.82, 2.24) is 4.98 Å². The van der Waals surface area contributed by atoms with E-state index in [9.17, 15) is 0 Å². The number of anilines is 1. The third-order valence-electron chi connectivity index (χ3n) is 4.28. The molecule has 2 aromatic carbocycles. The summed E-state index contributed by atoms with van der Waals surface area (Å²) >= 11 is 6.00. The Labute approximate surface area is 135 Å². The van der Waals surface area contributed by atoms with Gasteiger partial charge < -0.3 is 4.90 Å². The number of fused-ring (bicyclic) bond motifs is 1. The average molecular weight is 309 g/mol. The molecule has 0 amide bonds. The summed E-state index contributed by atoms with van der Waals surface area (Å²) in [5, 5.41) is 1.99. The average Bonchev–Trinajstić information content (AvgIpc) is 3.09. The molecular weight excluding hydrogens is 292 g/mol. The Morgan fingerprint density at radius 3 is 2.41 bits per heavy atom.